The van der Waals surface area contributed by atoms with Gasteiger partial charge in [-0.15, -0.1) is 0 Å². The van der Waals surface area contributed by atoms with Crippen LogP contribution in [-0.2, 0) is 6.61 Å². The Hall–Kier alpha value is -1.76. The fourth-order valence-electron chi connectivity index (χ4n) is 1.80. The predicted octanol–water partition coefficient (Wildman–Crippen LogP) is 3.05. The molecule has 2 aromatic carbocycles. The molecule has 1 radical (unpaired) electrons. The van der Waals surface area contributed by atoms with Crippen LogP contribution in [0.5, 0.6) is 5.75 Å². The monoisotopic (exact) mass is 181 g/mol. The van der Waals surface area contributed by atoms with Crippen LogP contribution in [0.2, 0.25) is 0 Å². The molecule has 0 saturated carbocycles. The van der Waals surface area contributed by atoms with Gasteiger partial charge in [0.2, 0.25) is 0 Å². The van der Waals surface area contributed by atoms with Crippen molar-refractivity contribution in [1.82, 2.24) is 0 Å². The highest BCUT2D eigenvalue weighted by molar-refractivity contribution is 5.74. The number of rotatable bonds is 0. The fourth-order valence-corrected chi connectivity index (χ4v) is 1.80. The number of fused-ring (bicyclic) bond motifs is 3. The fraction of sp³-hybridized carbons (Fsp3) is 0.0769. The van der Waals surface area contributed by atoms with Gasteiger partial charge in [0.1, 0.15) is 12.4 Å². The molecule has 0 N–H and O–H groups in total. The van der Waals surface area contributed by atoms with E-state index in [1.165, 1.54) is 11.1 Å². The summed E-state index contributed by atoms with van der Waals surface area (Å²) < 4.78 is 5.62. The van der Waals surface area contributed by atoms with Crippen molar-refractivity contribution in [2.75, 3.05) is 0 Å². The van der Waals surface area contributed by atoms with E-state index < -0.39 is 0 Å². The molecule has 0 unspecified atom stereocenters. The van der Waals surface area contributed by atoms with E-state index in [0.717, 1.165) is 11.3 Å². The molecule has 3 rings (SSSR count). The molecule has 2 aromatic rings. The van der Waals surface area contributed by atoms with Gasteiger partial charge in [0, 0.05) is 5.56 Å². The molecule has 0 bridgehead atoms. The van der Waals surface area contributed by atoms with Crippen molar-refractivity contribution in [1.29, 1.82) is 0 Å². The Morgan fingerprint density at radius 2 is 2.00 bits per heavy atom. The maximum atomic E-state index is 5.62. The molecule has 0 saturated heterocycles. The number of ether oxygens (including phenoxy) is 1. The lowest BCUT2D eigenvalue weighted by molar-refractivity contribution is 0.302. The number of benzene rings is 2. The molecular weight excluding hydrogens is 172 g/mol. The molecule has 1 heteroatoms. The van der Waals surface area contributed by atoms with Gasteiger partial charge in [-0.1, -0.05) is 36.4 Å². The summed E-state index contributed by atoms with van der Waals surface area (Å²) in [6.07, 6.45) is 0. The quantitative estimate of drug-likeness (QED) is 0.607. The van der Waals surface area contributed by atoms with E-state index in [-0.39, 0.29) is 0 Å². The van der Waals surface area contributed by atoms with Crippen molar-refractivity contribution in [3.63, 3.8) is 0 Å². The average molecular weight is 181 g/mol. The third-order valence-corrected chi connectivity index (χ3v) is 2.49. The molecule has 0 aliphatic carbocycles. The Balaban J connectivity index is 2.29. The third kappa shape index (κ3) is 1.02. The first kappa shape index (κ1) is 7.63. The Labute approximate surface area is 83.0 Å². The average Bonchev–Trinajstić information content (AvgIpc) is 2.29. The Morgan fingerprint density at radius 1 is 1.07 bits per heavy atom. The van der Waals surface area contributed by atoms with Gasteiger partial charge in [0.05, 0.1) is 0 Å². The molecule has 67 valence electrons. The largest absolute Gasteiger partial charge is 0.488 e. The van der Waals surface area contributed by atoms with E-state index in [2.05, 4.69) is 24.3 Å². The summed E-state index contributed by atoms with van der Waals surface area (Å²) in [5.74, 6) is 0.936. The number of hydrogen-bond acceptors (Lipinski definition) is 1. The lowest BCUT2D eigenvalue weighted by atomic mass is 9.97. The van der Waals surface area contributed by atoms with Crippen LogP contribution < -0.4 is 4.74 Å². The van der Waals surface area contributed by atoms with Crippen LogP contribution in [0.25, 0.3) is 11.1 Å². The van der Waals surface area contributed by atoms with E-state index in [4.69, 9.17) is 4.74 Å². The Bertz CT molecular complexity index is 429. The summed E-state index contributed by atoms with van der Waals surface area (Å²) in [4.78, 5) is 0. The van der Waals surface area contributed by atoms with Crippen molar-refractivity contribution in [2.24, 2.45) is 0 Å². The first-order chi connectivity index (χ1) is 6.95. The minimum Gasteiger partial charge on any atom is -0.488 e. The lowest BCUT2D eigenvalue weighted by Gasteiger charge is -2.19. The number of hydrogen-bond donors (Lipinski definition) is 0. The summed E-state index contributed by atoms with van der Waals surface area (Å²) in [7, 11) is 0. The minimum absolute atomic E-state index is 0.668. The van der Waals surface area contributed by atoms with Gasteiger partial charge in [0.25, 0.3) is 0 Å². The third-order valence-electron chi connectivity index (χ3n) is 2.49. The summed E-state index contributed by atoms with van der Waals surface area (Å²) in [5, 5.41) is 0. The summed E-state index contributed by atoms with van der Waals surface area (Å²) in [5.41, 5.74) is 3.56. The molecule has 1 heterocycles. The van der Waals surface area contributed by atoms with E-state index in [0.29, 0.717) is 6.61 Å². The van der Waals surface area contributed by atoms with Crippen LogP contribution in [-0.4, -0.2) is 0 Å². The van der Waals surface area contributed by atoms with Crippen LogP contribution in [0.15, 0.2) is 42.5 Å². The second-order valence-electron chi connectivity index (χ2n) is 3.36. The highest BCUT2D eigenvalue weighted by Gasteiger charge is 2.15. The summed E-state index contributed by atoms with van der Waals surface area (Å²) in [6, 6.07) is 17.4. The molecule has 1 aliphatic heterocycles. The lowest BCUT2D eigenvalue weighted by Crippen LogP contribution is -2.04. The molecule has 0 atom stereocenters. The second-order valence-corrected chi connectivity index (χ2v) is 3.36. The van der Waals surface area contributed by atoms with Gasteiger partial charge >= 0.3 is 0 Å². The zero-order valence-electron chi connectivity index (χ0n) is 7.66. The minimum atomic E-state index is 0.668. The van der Waals surface area contributed by atoms with Gasteiger partial charge in [-0.25, -0.2) is 0 Å². The molecule has 14 heavy (non-hydrogen) atoms. The molecule has 0 amide bonds. The second kappa shape index (κ2) is 2.88. The first-order valence-corrected chi connectivity index (χ1v) is 4.67. The van der Waals surface area contributed by atoms with Gasteiger partial charge in [-0.3, -0.25) is 0 Å². The molecule has 0 spiro atoms. The smallest absolute Gasteiger partial charge is 0.128 e. The SMILES string of the molecule is [c]1cccc2c1-c1ccccc1CO2. The van der Waals surface area contributed by atoms with Crippen LogP contribution in [0, 0.1) is 6.07 Å². The van der Waals surface area contributed by atoms with Crippen LogP contribution >= 0.6 is 0 Å². The molecule has 0 aromatic heterocycles. The van der Waals surface area contributed by atoms with Gasteiger partial charge in [-0.2, -0.15) is 0 Å². The van der Waals surface area contributed by atoms with E-state index in [9.17, 15) is 0 Å². The molecular formula is C13H9O. The van der Waals surface area contributed by atoms with Crippen molar-refractivity contribution < 1.29 is 4.74 Å². The Morgan fingerprint density at radius 3 is 3.00 bits per heavy atom. The van der Waals surface area contributed by atoms with Crippen molar-refractivity contribution >= 4 is 0 Å². The highest BCUT2D eigenvalue weighted by atomic mass is 16.5. The highest BCUT2D eigenvalue weighted by Crippen LogP contribution is 2.36. The summed E-state index contributed by atoms with van der Waals surface area (Å²) >= 11 is 0. The molecule has 0 fully saturated rings. The predicted molar refractivity (Wildman–Crippen MR) is 55.0 cm³/mol. The van der Waals surface area contributed by atoms with Crippen molar-refractivity contribution in [2.45, 2.75) is 6.61 Å². The van der Waals surface area contributed by atoms with Crippen molar-refractivity contribution in [3.05, 3.63) is 54.1 Å². The van der Waals surface area contributed by atoms with E-state index >= 15 is 0 Å². The van der Waals surface area contributed by atoms with Crippen molar-refractivity contribution in [3.8, 4) is 16.9 Å². The first-order valence-electron chi connectivity index (χ1n) is 4.67. The summed E-state index contributed by atoms with van der Waals surface area (Å²) in [6.45, 7) is 0.668. The normalized spacial score (nSPS) is 12.6. The standard InChI is InChI=1S/C13H9O/c1-2-6-11-10(5-1)9-14-13-8-4-3-7-12(11)13/h1-6,8H,9H2. The zero-order valence-corrected chi connectivity index (χ0v) is 7.66. The topological polar surface area (TPSA) is 9.23 Å². The maximum absolute atomic E-state index is 5.62. The van der Waals surface area contributed by atoms with Crippen LogP contribution in [0.1, 0.15) is 5.56 Å². The van der Waals surface area contributed by atoms with E-state index in [1.54, 1.807) is 0 Å². The van der Waals surface area contributed by atoms with Gasteiger partial charge in [0.15, 0.2) is 0 Å². The zero-order chi connectivity index (χ0) is 9.38. The molecule has 1 aliphatic rings. The van der Waals surface area contributed by atoms with Gasteiger partial charge in [-0.05, 0) is 23.3 Å². The van der Waals surface area contributed by atoms with Crippen LogP contribution in [0.3, 0.4) is 0 Å². The Kier molecular flexibility index (Phi) is 1.57. The van der Waals surface area contributed by atoms with Gasteiger partial charge < -0.3 is 4.74 Å². The maximum Gasteiger partial charge on any atom is 0.128 e. The molecule has 1 nitrogen and oxygen atoms in total. The van der Waals surface area contributed by atoms with E-state index in [1.807, 2.05) is 24.3 Å². The van der Waals surface area contributed by atoms with Crippen LogP contribution in [0.4, 0.5) is 0 Å².